The molecule has 2 heteroatoms. The van der Waals surface area contributed by atoms with Gasteiger partial charge in [-0.2, -0.15) is 30.3 Å². The molecule has 2 aromatic carbocycles. The monoisotopic (exact) mass is 282 g/mol. The topological polar surface area (TPSA) is 0 Å². The molecule has 76 valence electrons. The van der Waals surface area contributed by atoms with Crippen molar-refractivity contribution in [1.29, 1.82) is 0 Å². The Bertz CT molecular complexity index is 382. The SMILES string of the molecule is C=C(c1cc[c-]cc1)c1ccccc1.[Br-].[Mg+2]. The first-order valence-corrected chi connectivity index (χ1v) is 4.59. The minimum absolute atomic E-state index is 0. The van der Waals surface area contributed by atoms with Crippen molar-refractivity contribution in [2.45, 2.75) is 0 Å². The molecule has 0 spiro atoms. The Balaban J connectivity index is 0.00000112. The van der Waals surface area contributed by atoms with Gasteiger partial charge in [-0.1, -0.05) is 36.9 Å². The van der Waals surface area contributed by atoms with Crippen LogP contribution >= 0.6 is 0 Å². The maximum absolute atomic E-state index is 4.08. The summed E-state index contributed by atoms with van der Waals surface area (Å²) in [5.74, 6) is 0. The molecule has 0 N–H and O–H groups in total. The van der Waals surface area contributed by atoms with Crippen molar-refractivity contribution in [3.63, 3.8) is 0 Å². The molecule has 0 fully saturated rings. The van der Waals surface area contributed by atoms with Gasteiger partial charge in [-0.25, -0.2) is 0 Å². The minimum Gasteiger partial charge on any atom is -1.00 e. The molecule has 0 aliphatic heterocycles. The molecule has 16 heavy (non-hydrogen) atoms. The molecular formula is C14H11BrMg. The van der Waals surface area contributed by atoms with Gasteiger partial charge >= 0.3 is 23.1 Å². The van der Waals surface area contributed by atoms with E-state index in [0.717, 1.165) is 11.1 Å². The first-order chi connectivity index (χ1) is 6.88. The molecule has 0 amide bonds. The van der Waals surface area contributed by atoms with E-state index in [1.54, 1.807) is 0 Å². The van der Waals surface area contributed by atoms with E-state index < -0.39 is 0 Å². The smallest absolute Gasteiger partial charge is 1.00 e. The quantitative estimate of drug-likeness (QED) is 0.544. The Labute approximate surface area is 123 Å². The predicted octanol–water partition coefficient (Wildman–Crippen LogP) is 0.171. The average molecular weight is 283 g/mol. The second kappa shape index (κ2) is 7.66. The molecule has 0 aromatic heterocycles. The molecule has 0 saturated carbocycles. The summed E-state index contributed by atoms with van der Waals surface area (Å²) in [6.45, 7) is 4.08. The Hall–Kier alpha value is -0.574. The van der Waals surface area contributed by atoms with Crippen LogP contribution in [0.25, 0.3) is 5.57 Å². The van der Waals surface area contributed by atoms with E-state index in [4.69, 9.17) is 0 Å². The maximum Gasteiger partial charge on any atom is 2.00 e. The van der Waals surface area contributed by atoms with Gasteiger partial charge in [0.05, 0.1) is 0 Å². The van der Waals surface area contributed by atoms with E-state index in [-0.39, 0.29) is 40.0 Å². The molecule has 0 aliphatic rings. The van der Waals surface area contributed by atoms with E-state index in [2.05, 4.69) is 24.8 Å². The van der Waals surface area contributed by atoms with Gasteiger partial charge in [0.25, 0.3) is 0 Å². The molecule has 2 aromatic rings. The fraction of sp³-hybridized carbons (Fsp3) is 0. The van der Waals surface area contributed by atoms with Gasteiger partial charge in [0.2, 0.25) is 0 Å². The number of hydrogen-bond acceptors (Lipinski definition) is 0. The van der Waals surface area contributed by atoms with Crippen molar-refractivity contribution in [2.24, 2.45) is 0 Å². The number of benzene rings is 2. The van der Waals surface area contributed by atoms with Crippen LogP contribution in [0.4, 0.5) is 0 Å². The first kappa shape index (κ1) is 15.4. The van der Waals surface area contributed by atoms with E-state index in [0.29, 0.717) is 0 Å². The third-order valence-corrected chi connectivity index (χ3v) is 2.19. The summed E-state index contributed by atoms with van der Waals surface area (Å²) in [5, 5.41) is 0. The Morgan fingerprint density at radius 1 is 0.875 bits per heavy atom. The minimum atomic E-state index is 0. The molecule has 0 unspecified atom stereocenters. The predicted molar refractivity (Wildman–Crippen MR) is 65.6 cm³/mol. The number of rotatable bonds is 2. The van der Waals surface area contributed by atoms with Crippen molar-refractivity contribution < 1.29 is 17.0 Å². The van der Waals surface area contributed by atoms with Gasteiger partial charge in [-0.05, 0) is 11.1 Å². The molecule has 0 radical (unpaired) electrons. The fourth-order valence-corrected chi connectivity index (χ4v) is 1.39. The van der Waals surface area contributed by atoms with Crippen LogP contribution in [-0.2, 0) is 0 Å². The van der Waals surface area contributed by atoms with Crippen LogP contribution in [0.5, 0.6) is 0 Å². The summed E-state index contributed by atoms with van der Waals surface area (Å²) >= 11 is 0. The third kappa shape index (κ3) is 3.78. The van der Waals surface area contributed by atoms with Crippen LogP contribution in [-0.4, -0.2) is 23.1 Å². The van der Waals surface area contributed by atoms with Crippen LogP contribution in [0.1, 0.15) is 11.1 Å². The molecular weight excluding hydrogens is 272 g/mol. The van der Waals surface area contributed by atoms with Crippen LogP contribution in [0, 0.1) is 6.07 Å². The molecule has 0 nitrogen and oxygen atoms in total. The summed E-state index contributed by atoms with van der Waals surface area (Å²) in [6.07, 6.45) is 0. The van der Waals surface area contributed by atoms with Gasteiger partial charge in [0.1, 0.15) is 0 Å². The molecule has 2 rings (SSSR count). The average Bonchev–Trinajstić information content (AvgIpc) is 2.30. The molecule has 0 aliphatic carbocycles. The van der Waals surface area contributed by atoms with Crippen LogP contribution in [0.15, 0.2) is 61.2 Å². The van der Waals surface area contributed by atoms with Gasteiger partial charge in [0.15, 0.2) is 0 Å². The summed E-state index contributed by atoms with van der Waals surface area (Å²) in [6, 6.07) is 21.0. The molecule has 0 atom stereocenters. The standard InChI is InChI=1S/C14H11.BrH.Mg/c1-12(13-8-4-2-5-9-13)14-10-6-3-7-11-14;;/h2,4-11H,1H2;1H;/q-1;;+2/p-1. The fourth-order valence-electron chi connectivity index (χ4n) is 1.39. The summed E-state index contributed by atoms with van der Waals surface area (Å²) < 4.78 is 0. The first-order valence-electron chi connectivity index (χ1n) is 4.59. The van der Waals surface area contributed by atoms with Gasteiger partial charge < -0.3 is 17.0 Å². The number of halogens is 1. The van der Waals surface area contributed by atoms with Crippen molar-refractivity contribution in [3.05, 3.63) is 78.4 Å². The van der Waals surface area contributed by atoms with Crippen LogP contribution in [0.2, 0.25) is 0 Å². The third-order valence-electron chi connectivity index (χ3n) is 2.19. The van der Waals surface area contributed by atoms with E-state index in [9.17, 15) is 0 Å². The zero-order valence-electron chi connectivity index (χ0n) is 8.99. The Morgan fingerprint density at radius 2 is 1.38 bits per heavy atom. The molecule has 0 saturated heterocycles. The Kier molecular flexibility index (Phi) is 7.38. The van der Waals surface area contributed by atoms with Gasteiger partial charge in [-0.15, -0.1) is 5.56 Å². The zero-order valence-corrected chi connectivity index (χ0v) is 12.0. The summed E-state index contributed by atoms with van der Waals surface area (Å²) in [7, 11) is 0. The van der Waals surface area contributed by atoms with Gasteiger partial charge in [0, 0.05) is 0 Å². The van der Waals surface area contributed by atoms with Crippen LogP contribution in [0.3, 0.4) is 0 Å². The van der Waals surface area contributed by atoms with Gasteiger partial charge in [-0.3, -0.25) is 0 Å². The van der Waals surface area contributed by atoms with Crippen LogP contribution < -0.4 is 17.0 Å². The Morgan fingerprint density at radius 3 is 1.94 bits per heavy atom. The van der Waals surface area contributed by atoms with E-state index in [1.807, 2.05) is 42.5 Å². The summed E-state index contributed by atoms with van der Waals surface area (Å²) in [4.78, 5) is 0. The molecule has 0 bridgehead atoms. The van der Waals surface area contributed by atoms with E-state index in [1.165, 1.54) is 5.56 Å². The maximum atomic E-state index is 4.08. The normalized spacial score (nSPS) is 8.50. The van der Waals surface area contributed by atoms with Crippen molar-refractivity contribution in [2.75, 3.05) is 0 Å². The zero-order chi connectivity index (χ0) is 9.80. The largest absolute Gasteiger partial charge is 2.00 e. The van der Waals surface area contributed by atoms with E-state index >= 15 is 0 Å². The second-order valence-electron chi connectivity index (χ2n) is 3.13. The number of hydrogen-bond donors (Lipinski definition) is 0. The van der Waals surface area contributed by atoms with Crippen molar-refractivity contribution in [1.82, 2.24) is 0 Å². The summed E-state index contributed by atoms with van der Waals surface area (Å²) in [5.41, 5.74) is 3.37. The molecule has 0 heterocycles. The van der Waals surface area contributed by atoms with Crippen molar-refractivity contribution >= 4 is 28.6 Å². The second-order valence-corrected chi connectivity index (χ2v) is 3.13. The van der Waals surface area contributed by atoms with Crippen molar-refractivity contribution in [3.8, 4) is 0 Å².